The van der Waals surface area contributed by atoms with Crippen molar-refractivity contribution in [1.29, 1.82) is 0 Å². The van der Waals surface area contributed by atoms with Crippen LogP contribution < -0.4 is 10.9 Å². The zero-order valence-corrected chi connectivity index (χ0v) is 18.6. The average molecular weight is 433 g/mol. The summed E-state index contributed by atoms with van der Waals surface area (Å²) in [4.78, 5) is 28.2. The number of aryl methyl sites for hydroxylation is 2. The summed E-state index contributed by atoms with van der Waals surface area (Å²) in [6, 6.07) is 8.13. The number of rotatable bonds is 12. The van der Waals surface area contributed by atoms with E-state index in [1.54, 1.807) is 35.1 Å². The van der Waals surface area contributed by atoms with Gasteiger partial charge >= 0.3 is 0 Å². The van der Waals surface area contributed by atoms with Gasteiger partial charge < -0.3 is 0 Å². The molecule has 0 aliphatic heterocycles. The highest BCUT2D eigenvalue weighted by molar-refractivity contribution is 7.14. The Bertz CT molecular complexity index is 771. The van der Waals surface area contributed by atoms with Crippen molar-refractivity contribution in [1.82, 2.24) is 10.9 Å². The highest BCUT2D eigenvalue weighted by atomic mass is 32.1. The van der Waals surface area contributed by atoms with Crippen LogP contribution in [-0.4, -0.2) is 24.2 Å². The minimum atomic E-state index is -0.107. The number of carbonyl (C=O) groups is 2. The van der Waals surface area contributed by atoms with E-state index >= 15 is 0 Å². The molecule has 2 aromatic rings. The van der Waals surface area contributed by atoms with Gasteiger partial charge in [0.25, 0.3) is 0 Å². The molecule has 0 aliphatic rings. The second kappa shape index (κ2) is 13.0. The van der Waals surface area contributed by atoms with Gasteiger partial charge in [-0.15, -0.1) is 22.7 Å². The molecule has 0 fully saturated rings. The maximum atomic E-state index is 11.8. The number of hydrogen-bond acceptors (Lipinski definition) is 6. The zero-order chi connectivity index (χ0) is 20.9. The number of nitrogens with one attached hydrogen (secondary N) is 2. The number of nitrogens with zero attached hydrogens (tertiary/aromatic N) is 2. The minimum Gasteiger partial charge on any atom is -0.273 e. The molecular formula is C21H28N4O2S2. The number of hydrogen-bond donors (Lipinski definition) is 2. The Hall–Kier alpha value is -2.32. The van der Waals surface area contributed by atoms with Gasteiger partial charge in [0.1, 0.15) is 0 Å². The summed E-state index contributed by atoms with van der Waals surface area (Å²) in [5.41, 5.74) is 5.09. The molecule has 8 heteroatoms. The standard InChI is InChI=1S/C21H28N4O2S2/c1-3-16-10-12-18(28-16)14-22-24-20(26)8-6-5-7-9-21(27)25-23-15-19-13-11-17(4-2)29-19/h10-15H,3-9H2,1-2H3,(H,24,26)(H,25,27)/b22-14+,23-15+. The third-order valence-corrected chi connectivity index (χ3v) is 6.46. The molecule has 29 heavy (non-hydrogen) atoms. The highest BCUT2D eigenvalue weighted by Gasteiger charge is 2.03. The Labute approximate surface area is 180 Å². The van der Waals surface area contributed by atoms with Gasteiger partial charge in [0.15, 0.2) is 0 Å². The Balaban J connectivity index is 1.52. The highest BCUT2D eigenvalue weighted by Crippen LogP contribution is 2.15. The Morgan fingerprint density at radius 2 is 1.24 bits per heavy atom. The molecule has 0 aliphatic carbocycles. The summed E-state index contributed by atoms with van der Waals surface area (Å²) in [7, 11) is 0. The number of hydrazone groups is 2. The van der Waals surface area contributed by atoms with Crippen molar-refractivity contribution >= 4 is 46.9 Å². The number of unbranched alkanes of at least 4 members (excludes halogenated alkanes) is 2. The van der Waals surface area contributed by atoms with Crippen molar-refractivity contribution in [3.8, 4) is 0 Å². The van der Waals surface area contributed by atoms with E-state index in [0.29, 0.717) is 12.8 Å². The van der Waals surface area contributed by atoms with Crippen LogP contribution in [0.3, 0.4) is 0 Å². The van der Waals surface area contributed by atoms with Gasteiger partial charge in [-0.2, -0.15) is 10.2 Å². The van der Waals surface area contributed by atoms with Crippen LogP contribution in [0.15, 0.2) is 34.5 Å². The number of carbonyl (C=O) groups excluding carboxylic acids is 2. The molecule has 2 aromatic heterocycles. The molecule has 6 nitrogen and oxygen atoms in total. The molecule has 0 spiro atoms. The zero-order valence-electron chi connectivity index (χ0n) is 16.9. The third kappa shape index (κ3) is 9.15. The predicted molar refractivity (Wildman–Crippen MR) is 122 cm³/mol. The van der Waals surface area contributed by atoms with Crippen molar-refractivity contribution in [3.63, 3.8) is 0 Å². The van der Waals surface area contributed by atoms with Crippen LogP contribution in [0.4, 0.5) is 0 Å². The first-order valence-electron chi connectivity index (χ1n) is 9.92. The van der Waals surface area contributed by atoms with Crippen LogP contribution in [0.5, 0.6) is 0 Å². The fraction of sp³-hybridized carbons (Fsp3) is 0.429. The summed E-state index contributed by atoms with van der Waals surface area (Å²) in [5.74, 6) is -0.213. The average Bonchev–Trinajstić information content (AvgIpc) is 3.37. The third-order valence-electron chi connectivity index (χ3n) is 4.13. The molecular weight excluding hydrogens is 404 g/mol. The Kier molecular flexibility index (Phi) is 10.3. The summed E-state index contributed by atoms with van der Waals surface area (Å²) in [5, 5.41) is 7.98. The predicted octanol–water partition coefficient (Wildman–Crippen LogP) is 4.49. The molecule has 2 amide bonds. The molecule has 0 radical (unpaired) electrons. The minimum absolute atomic E-state index is 0.107. The molecule has 0 saturated heterocycles. The summed E-state index contributed by atoms with van der Waals surface area (Å²) in [6.45, 7) is 4.22. The molecule has 0 aromatic carbocycles. The lowest BCUT2D eigenvalue weighted by Gasteiger charge is -2.01. The monoisotopic (exact) mass is 432 g/mol. The van der Waals surface area contributed by atoms with Crippen LogP contribution in [-0.2, 0) is 22.4 Å². The van der Waals surface area contributed by atoms with Gasteiger partial charge in [-0.3, -0.25) is 9.59 Å². The largest absolute Gasteiger partial charge is 0.273 e. The first-order chi connectivity index (χ1) is 14.1. The van der Waals surface area contributed by atoms with Gasteiger partial charge in [-0.25, -0.2) is 10.9 Å². The van der Waals surface area contributed by atoms with Gasteiger partial charge in [0.2, 0.25) is 11.8 Å². The molecule has 0 atom stereocenters. The van der Waals surface area contributed by atoms with E-state index in [1.165, 1.54) is 9.75 Å². The quantitative estimate of drug-likeness (QED) is 0.294. The van der Waals surface area contributed by atoms with E-state index in [4.69, 9.17) is 0 Å². The van der Waals surface area contributed by atoms with Crippen LogP contribution in [0.25, 0.3) is 0 Å². The first kappa shape index (κ1) is 23.0. The topological polar surface area (TPSA) is 82.9 Å². The maximum Gasteiger partial charge on any atom is 0.240 e. The van der Waals surface area contributed by atoms with Crippen LogP contribution in [0.1, 0.15) is 65.5 Å². The van der Waals surface area contributed by atoms with Crippen molar-refractivity contribution in [2.24, 2.45) is 10.2 Å². The summed E-state index contributed by atoms with van der Waals surface area (Å²) in [6.07, 6.45) is 8.42. The van der Waals surface area contributed by atoms with Gasteiger partial charge in [0.05, 0.1) is 12.4 Å². The van der Waals surface area contributed by atoms with Crippen molar-refractivity contribution in [2.75, 3.05) is 0 Å². The SMILES string of the molecule is CCc1ccc(/C=N/NC(=O)CCCCCC(=O)N/N=C/c2ccc(CC)s2)s1. The van der Waals surface area contributed by atoms with Gasteiger partial charge in [0, 0.05) is 32.4 Å². The molecule has 2 N–H and O–H groups in total. The lowest BCUT2D eigenvalue weighted by molar-refractivity contribution is -0.121. The van der Waals surface area contributed by atoms with Crippen molar-refractivity contribution in [2.45, 2.75) is 58.8 Å². The lowest BCUT2D eigenvalue weighted by atomic mass is 10.1. The Morgan fingerprint density at radius 1 is 0.793 bits per heavy atom. The lowest BCUT2D eigenvalue weighted by Crippen LogP contribution is -2.18. The first-order valence-corrected chi connectivity index (χ1v) is 11.5. The maximum absolute atomic E-state index is 11.8. The van der Waals surface area contributed by atoms with E-state index in [-0.39, 0.29) is 11.8 Å². The van der Waals surface area contributed by atoms with Crippen molar-refractivity contribution < 1.29 is 9.59 Å². The van der Waals surface area contributed by atoms with Gasteiger partial charge in [-0.05, 0) is 49.9 Å². The molecule has 156 valence electrons. The Morgan fingerprint density at radius 3 is 1.62 bits per heavy atom. The number of thiophene rings is 2. The van der Waals surface area contributed by atoms with E-state index < -0.39 is 0 Å². The fourth-order valence-corrected chi connectivity index (χ4v) is 4.15. The van der Waals surface area contributed by atoms with E-state index in [1.807, 2.05) is 12.1 Å². The fourth-order valence-electron chi connectivity index (χ4n) is 2.50. The van der Waals surface area contributed by atoms with Crippen LogP contribution in [0.2, 0.25) is 0 Å². The summed E-state index contributed by atoms with van der Waals surface area (Å²) >= 11 is 3.34. The van der Waals surface area contributed by atoms with Crippen LogP contribution >= 0.6 is 22.7 Å². The molecule has 2 rings (SSSR count). The smallest absolute Gasteiger partial charge is 0.240 e. The molecule has 0 saturated carbocycles. The second-order valence-electron chi connectivity index (χ2n) is 6.46. The second-order valence-corrected chi connectivity index (χ2v) is 8.86. The molecule has 0 bridgehead atoms. The molecule has 0 unspecified atom stereocenters. The summed E-state index contributed by atoms with van der Waals surface area (Å²) < 4.78 is 0. The normalized spacial score (nSPS) is 11.4. The van der Waals surface area contributed by atoms with Gasteiger partial charge in [-0.1, -0.05) is 20.3 Å². The van der Waals surface area contributed by atoms with Crippen LogP contribution in [0, 0.1) is 0 Å². The van der Waals surface area contributed by atoms with E-state index in [2.05, 4.69) is 47.0 Å². The van der Waals surface area contributed by atoms with E-state index in [9.17, 15) is 9.59 Å². The van der Waals surface area contributed by atoms with E-state index in [0.717, 1.165) is 41.9 Å². The molecule has 2 heterocycles. The van der Waals surface area contributed by atoms with Crippen molar-refractivity contribution in [3.05, 3.63) is 43.8 Å². The number of amides is 2.